The van der Waals surface area contributed by atoms with Gasteiger partial charge < -0.3 is 13.9 Å². The number of aromatic nitrogens is 5. The Morgan fingerprint density at radius 2 is 1.85 bits per heavy atom. The molecule has 2 aromatic carbocycles. The molecule has 0 radical (unpaired) electrons. The lowest BCUT2D eigenvalue weighted by molar-refractivity contribution is 0.283. The molecule has 0 atom stereocenters. The van der Waals surface area contributed by atoms with E-state index in [-0.39, 0.29) is 12.4 Å². The second-order valence-corrected chi connectivity index (χ2v) is 11.9. The maximum Gasteiger partial charge on any atom is 0.192 e. The van der Waals surface area contributed by atoms with E-state index < -0.39 is 0 Å². The predicted molar refractivity (Wildman–Crippen MR) is 164 cm³/mol. The molecule has 0 saturated heterocycles. The molecule has 204 valence electrons. The molecule has 0 saturated carbocycles. The summed E-state index contributed by atoms with van der Waals surface area (Å²) in [4.78, 5) is 11.8. The monoisotopic (exact) mass is 626 g/mol. The first-order valence-corrected chi connectivity index (χ1v) is 14.9. The number of rotatable bonds is 7. The lowest BCUT2D eigenvalue weighted by Crippen LogP contribution is -2.27. The Hall–Kier alpha value is -2.46. The SMILES string of the molecule is Cc1ccc2c(-c3nnc(SCCCCN4CCc5cc6nc(C)oc6c(Br)c5CC4)n3C)cccc2n1.Cl. The number of unbranched alkanes of at least 4 members (excludes halogenated alkanes) is 1. The van der Waals surface area contributed by atoms with Crippen LogP contribution in [0.25, 0.3) is 33.4 Å². The van der Waals surface area contributed by atoms with Crippen LogP contribution in [0.5, 0.6) is 0 Å². The van der Waals surface area contributed by atoms with Gasteiger partial charge in [0.2, 0.25) is 0 Å². The fourth-order valence-electron chi connectivity index (χ4n) is 5.33. The molecule has 4 heterocycles. The number of hydrogen-bond donors (Lipinski definition) is 0. The Morgan fingerprint density at radius 3 is 2.72 bits per heavy atom. The molecule has 0 unspecified atom stereocenters. The summed E-state index contributed by atoms with van der Waals surface area (Å²) < 4.78 is 9.02. The van der Waals surface area contributed by atoms with E-state index in [1.165, 1.54) is 17.5 Å². The fourth-order valence-corrected chi connectivity index (χ4v) is 6.98. The molecule has 39 heavy (non-hydrogen) atoms. The zero-order valence-corrected chi connectivity index (χ0v) is 25.6. The van der Waals surface area contributed by atoms with Crippen LogP contribution in [0.1, 0.15) is 35.6 Å². The van der Waals surface area contributed by atoms with E-state index in [1.807, 2.05) is 19.9 Å². The van der Waals surface area contributed by atoms with Gasteiger partial charge in [0.1, 0.15) is 5.52 Å². The van der Waals surface area contributed by atoms with Gasteiger partial charge >= 0.3 is 0 Å². The number of fused-ring (bicyclic) bond motifs is 3. The molecule has 6 rings (SSSR count). The largest absolute Gasteiger partial charge is 0.440 e. The van der Waals surface area contributed by atoms with Crippen LogP contribution in [0.4, 0.5) is 0 Å². The summed E-state index contributed by atoms with van der Waals surface area (Å²) in [5, 5.41) is 11.1. The minimum Gasteiger partial charge on any atom is -0.440 e. The first kappa shape index (κ1) is 28.1. The van der Waals surface area contributed by atoms with Gasteiger partial charge in [-0.1, -0.05) is 30.0 Å². The van der Waals surface area contributed by atoms with Gasteiger partial charge in [0.25, 0.3) is 0 Å². The number of thioether (sulfide) groups is 1. The summed E-state index contributed by atoms with van der Waals surface area (Å²) in [6, 6.07) is 12.6. The number of pyridine rings is 1. The molecule has 1 aliphatic rings. The van der Waals surface area contributed by atoms with Gasteiger partial charge in [-0.2, -0.15) is 0 Å². The van der Waals surface area contributed by atoms with Crippen LogP contribution >= 0.6 is 40.1 Å². The molecular weight excluding hydrogens is 596 g/mol. The van der Waals surface area contributed by atoms with Crippen molar-refractivity contribution in [1.29, 1.82) is 0 Å². The standard InChI is InChI=1S/C29H31BrN6OS.ClH/c1-18-9-10-22-23(7-6-8-24(22)31-18)28-33-34-29(35(28)3)38-16-5-4-13-36-14-11-20-17-25-27(37-19(2)32-25)26(30)21(20)12-15-36;/h6-10,17H,4-5,11-16H2,1-3H3;1H. The predicted octanol–water partition coefficient (Wildman–Crippen LogP) is 6.95. The lowest BCUT2D eigenvalue weighted by Gasteiger charge is -2.19. The molecule has 7 nitrogen and oxygen atoms in total. The van der Waals surface area contributed by atoms with Crippen molar-refractivity contribution in [2.24, 2.45) is 7.05 Å². The van der Waals surface area contributed by atoms with Gasteiger partial charge in [-0.25, -0.2) is 4.98 Å². The highest BCUT2D eigenvalue weighted by Gasteiger charge is 2.20. The number of hydrogen-bond acceptors (Lipinski definition) is 7. The fraction of sp³-hybridized carbons (Fsp3) is 0.379. The van der Waals surface area contributed by atoms with E-state index in [2.05, 4.69) is 82.9 Å². The maximum atomic E-state index is 5.83. The summed E-state index contributed by atoms with van der Waals surface area (Å²) >= 11 is 5.58. The smallest absolute Gasteiger partial charge is 0.192 e. The van der Waals surface area contributed by atoms with Crippen LogP contribution in [0, 0.1) is 13.8 Å². The molecule has 0 spiro atoms. The van der Waals surface area contributed by atoms with Crippen molar-refractivity contribution in [3.05, 3.63) is 63.6 Å². The molecule has 10 heteroatoms. The zero-order chi connectivity index (χ0) is 26.2. The van der Waals surface area contributed by atoms with Crippen LogP contribution in [-0.2, 0) is 19.9 Å². The van der Waals surface area contributed by atoms with E-state index >= 15 is 0 Å². The van der Waals surface area contributed by atoms with Crippen LogP contribution < -0.4 is 0 Å². The summed E-state index contributed by atoms with van der Waals surface area (Å²) in [6.45, 7) is 7.20. The maximum absolute atomic E-state index is 5.83. The number of benzene rings is 2. The highest BCUT2D eigenvalue weighted by Crippen LogP contribution is 2.33. The zero-order valence-electron chi connectivity index (χ0n) is 22.4. The number of halogens is 2. The third-order valence-corrected chi connectivity index (χ3v) is 9.29. The molecule has 3 aromatic heterocycles. The lowest BCUT2D eigenvalue weighted by atomic mass is 10.0. The quantitative estimate of drug-likeness (QED) is 0.143. The van der Waals surface area contributed by atoms with Gasteiger partial charge in [0, 0.05) is 49.5 Å². The van der Waals surface area contributed by atoms with Gasteiger partial charge in [0.15, 0.2) is 22.5 Å². The van der Waals surface area contributed by atoms with Crippen molar-refractivity contribution in [3.63, 3.8) is 0 Å². The first-order chi connectivity index (χ1) is 18.5. The van der Waals surface area contributed by atoms with E-state index in [9.17, 15) is 0 Å². The second-order valence-electron chi connectivity index (χ2n) is 10.00. The van der Waals surface area contributed by atoms with E-state index in [0.717, 1.165) is 99.3 Å². The van der Waals surface area contributed by atoms with E-state index in [4.69, 9.17) is 4.42 Å². The van der Waals surface area contributed by atoms with E-state index in [0.29, 0.717) is 0 Å². The van der Waals surface area contributed by atoms with Crippen LogP contribution in [0.2, 0.25) is 0 Å². The summed E-state index contributed by atoms with van der Waals surface area (Å²) in [5.41, 5.74) is 7.69. The normalized spacial score (nSPS) is 13.9. The molecule has 0 fully saturated rings. The van der Waals surface area contributed by atoms with Crippen molar-refractivity contribution in [3.8, 4) is 11.4 Å². The number of oxazole rings is 1. The van der Waals surface area contributed by atoms with Crippen LogP contribution in [0.3, 0.4) is 0 Å². The van der Waals surface area contributed by atoms with Gasteiger partial charge in [0.05, 0.1) is 9.99 Å². The third-order valence-electron chi connectivity index (χ3n) is 7.35. The molecular formula is C29H32BrClN6OS. The highest BCUT2D eigenvalue weighted by atomic mass is 79.9. The van der Waals surface area contributed by atoms with Crippen molar-refractivity contribution in [1.82, 2.24) is 29.6 Å². The van der Waals surface area contributed by atoms with Crippen molar-refractivity contribution in [2.75, 3.05) is 25.4 Å². The number of aryl methyl sites for hydroxylation is 2. The van der Waals surface area contributed by atoms with Gasteiger partial charge in [-0.15, -0.1) is 22.6 Å². The highest BCUT2D eigenvalue weighted by molar-refractivity contribution is 9.10. The molecule has 0 aliphatic carbocycles. The van der Waals surface area contributed by atoms with Gasteiger partial charge in [-0.3, -0.25) is 4.98 Å². The molecule has 5 aromatic rings. The average molecular weight is 628 g/mol. The van der Waals surface area contributed by atoms with Crippen molar-refractivity contribution < 1.29 is 4.42 Å². The van der Waals surface area contributed by atoms with E-state index in [1.54, 1.807) is 11.8 Å². The molecule has 1 aliphatic heterocycles. The molecule has 0 bridgehead atoms. The summed E-state index contributed by atoms with van der Waals surface area (Å²) in [6.07, 6.45) is 4.40. The topological polar surface area (TPSA) is 72.9 Å². The van der Waals surface area contributed by atoms with Crippen LogP contribution in [-0.4, -0.2) is 55.0 Å². The third kappa shape index (κ3) is 5.73. The minimum atomic E-state index is 0. The average Bonchev–Trinajstić information content (AvgIpc) is 3.39. The summed E-state index contributed by atoms with van der Waals surface area (Å²) in [7, 11) is 2.05. The summed E-state index contributed by atoms with van der Waals surface area (Å²) in [5.74, 6) is 2.64. The van der Waals surface area contributed by atoms with Crippen LogP contribution in [0.15, 0.2) is 50.4 Å². The first-order valence-electron chi connectivity index (χ1n) is 13.2. The molecule has 0 amide bonds. The number of nitrogens with zero attached hydrogens (tertiary/aromatic N) is 6. The Morgan fingerprint density at radius 1 is 1.00 bits per heavy atom. The minimum absolute atomic E-state index is 0. The Balaban J connectivity index is 0.00000308. The van der Waals surface area contributed by atoms with Crippen molar-refractivity contribution >= 4 is 62.1 Å². The second kappa shape index (κ2) is 12.0. The Labute approximate surface area is 247 Å². The Bertz CT molecular complexity index is 1630. The Kier molecular flexibility index (Phi) is 8.61. The molecule has 0 N–H and O–H groups in total. The van der Waals surface area contributed by atoms with Gasteiger partial charge in [-0.05, 0) is 84.4 Å². The van der Waals surface area contributed by atoms with Crippen molar-refractivity contribution in [2.45, 2.75) is 44.7 Å².